The van der Waals surface area contributed by atoms with Crippen molar-refractivity contribution in [1.82, 2.24) is 10.2 Å². The van der Waals surface area contributed by atoms with Gasteiger partial charge in [-0.3, -0.25) is 19.3 Å². The highest BCUT2D eigenvalue weighted by Crippen LogP contribution is 2.25. The van der Waals surface area contributed by atoms with Gasteiger partial charge in [0.05, 0.1) is 24.2 Å². The van der Waals surface area contributed by atoms with Crippen LogP contribution in [0.4, 0.5) is 8.78 Å². The fourth-order valence-electron chi connectivity index (χ4n) is 1.91. The Morgan fingerprint density at radius 1 is 1.26 bits per heavy atom. The van der Waals surface area contributed by atoms with Crippen LogP contribution in [0.3, 0.4) is 0 Å². The van der Waals surface area contributed by atoms with Gasteiger partial charge in [-0.1, -0.05) is 15.9 Å². The van der Waals surface area contributed by atoms with Crippen molar-refractivity contribution in [2.24, 2.45) is 5.73 Å². The highest BCUT2D eigenvalue weighted by atomic mass is 79.9. The third-order valence-corrected chi connectivity index (χ3v) is 3.57. The van der Waals surface area contributed by atoms with E-state index < -0.39 is 43.3 Å². The molecule has 1 aliphatic rings. The molecule has 0 saturated carbocycles. The number of fused-ring (bicyclic) bond motifs is 1. The van der Waals surface area contributed by atoms with E-state index in [0.717, 1.165) is 0 Å². The zero-order chi connectivity index (χ0) is 16.5. The Morgan fingerprint density at radius 3 is 2.48 bits per heavy atom. The molecule has 1 heterocycles. The Morgan fingerprint density at radius 2 is 1.87 bits per heavy atom. The fourth-order valence-corrected chi connectivity index (χ4v) is 2.27. The lowest BCUT2D eigenvalue weighted by molar-refractivity contribution is -0.123. The van der Waals surface area contributed by atoms with Gasteiger partial charge in [0.1, 0.15) is 6.54 Å². The average molecular weight is 413 g/mol. The van der Waals surface area contributed by atoms with E-state index in [0.29, 0.717) is 9.37 Å². The standard InChI is InChI=1S/C13H12BrF2N3O3.ClH/c14-7-1-2-8-9(3-7)12(22)19(11(8)21)4-10(20)18-6-13(15,16)5-17;/h1-3H,4-6,17H2,(H,18,20);1H. The maximum Gasteiger partial charge on any atom is 0.277 e. The molecule has 6 nitrogen and oxygen atoms in total. The summed E-state index contributed by atoms with van der Waals surface area (Å²) in [6.45, 7) is -2.48. The van der Waals surface area contributed by atoms with Crippen LogP contribution in [0.25, 0.3) is 0 Å². The average Bonchev–Trinajstić information content (AvgIpc) is 2.70. The Kier molecular flexibility index (Phi) is 6.20. The van der Waals surface area contributed by atoms with Gasteiger partial charge in [0.25, 0.3) is 17.7 Å². The van der Waals surface area contributed by atoms with Crippen LogP contribution in [-0.4, -0.2) is 48.2 Å². The van der Waals surface area contributed by atoms with Crippen LogP contribution in [0.2, 0.25) is 0 Å². The van der Waals surface area contributed by atoms with Crippen LogP contribution < -0.4 is 11.1 Å². The highest BCUT2D eigenvalue weighted by molar-refractivity contribution is 9.10. The summed E-state index contributed by atoms with van der Waals surface area (Å²) >= 11 is 3.18. The molecule has 2 rings (SSSR count). The van der Waals surface area contributed by atoms with Crippen molar-refractivity contribution >= 4 is 46.1 Å². The number of nitrogens with one attached hydrogen (secondary N) is 1. The number of carbonyl (C=O) groups excluding carboxylic acids is 3. The first-order chi connectivity index (χ1) is 10.2. The van der Waals surface area contributed by atoms with Gasteiger partial charge in [-0.05, 0) is 18.2 Å². The van der Waals surface area contributed by atoms with Crippen LogP contribution in [0.5, 0.6) is 0 Å². The van der Waals surface area contributed by atoms with E-state index in [1.807, 2.05) is 5.32 Å². The third-order valence-electron chi connectivity index (χ3n) is 3.08. The molecular weight excluding hydrogens is 400 g/mol. The Labute approximate surface area is 144 Å². The van der Waals surface area contributed by atoms with Gasteiger partial charge in [-0.2, -0.15) is 0 Å². The second-order valence-corrected chi connectivity index (χ2v) is 5.64. The maximum atomic E-state index is 12.9. The number of amides is 3. The van der Waals surface area contributed by atoms with E-state index in [-0.39, 0.29) is 23.5 Å². The van der Waals surface area contributed by atoms with E-state index in [1.54, 1.807) is 6.07 Å². The zero-order valence-electron chi connectivity index (χ0n) is 11.6. The predicted octanol–water partition coefficient (Wildman–Crippen LogP) is 1.18. The molecule has 0 bridgehead atoms. The summed E-state index contributed by atoms with van der Waals surface area (Å²) < 4.78 is 26.5. The number of hydrogen-bond donors (Lipinski definition) is 2. The lowest BCUT2D eigenvalue weighted by Crippen LogP contribution is -2.46. The number of nitrogens with two attached hydrogens (primary N) is 1. The molecule has 0 radical (unpaired) electrons. The van der Waals surface area contributed by atoms with Gasteiger partial charge in [-0.25, -0.2) is 8.78 Å². The van der Waals surface area contributed by atoms with E-state index in [2.05, 4.69) is 15.9 Å². The van der Waals surface area contributed by atoms with Crippen molar-refractivity contribution in [1.29, 1.82) is 0 Å². The van der Waals surface area contributed by atoms with E-state index in [4.69, 9.17) is 5.73 Å². The number of alkyl halides is 2. The van der Waals surface area contributed by atoms with Crippen LogP contribution in [0.15, 0.2) is 22.7 Å². The Bertz CT molecular complexity index is 657. The molecule has 0 fully saturated rings. The number of benzene rings is 1. The van der Waals surface area contributed by atoms with Crippen molar-refractivity contribution in [2.45, 2.75) is 5.92 Å². The lowest BCUT2D eigenvalue weighted by atomic mass is 10.1. The lowest BCUT2D eigenvalue weighted by Gasteiger charge is -2.17. The molecule has 0 saturated heterocycles. The molecule has 0 aromatic heterocycles. The molecule has 1 aromatic rings. The smallest absolute Gasteiger partial charge is 0.277 e. The number of imide groups is 1. The van der Waals surface area contributed by atoms with Crippen LogP contribution in [0, 0.1) is 0 Å². The minimum Gasteiger partial charge on any atom is -0.348 e. The molecule has 1 aromatic carbocycles. The van der Waals surface area contributed by atoms with E-state index in [9.17, 15) is 23.2 Å². The molecule has 3 N–H and O–H groups in total. The van der Waals surface area contributed by atoms with Crippen LogP contribution in [0.1, 0.15) is 20.7 Å². The summed E-state index contributed by atoms with van der Waals surface area (Å²) in [5, 5.41) is 1.96. The van der Waals surface area contributed by atoms with Crippen LogP contribution >= 0.6 is 28.3 Å². The second-order valence-electron chi connectivity index (χ2n) is 4.72. The summed E-state index contributed by atoms with van der Waals surface area (Å²) in [6, 6.07) is 4.52. The summed E-state index contributed by atoms with van der Waals surface area (Å²) in [4.78, 5) is 36.5. The minimum atomic E-state index is -3.23. The van der Waals surface area contributed by atoms with Gasteiger partial charge in [0.2, 0.25) is 5.91 Å². The Balaban J connectivity index is 0.00000264. The van der Waals surface area contributed by atoms with Gasteiger partial charge in [0, 0.05) is 4.47 Å². The van der Waals surface area contributed by atoms with Gasteiger partial charge >= 0.3 is 0 Å². The highest BCUT2D eigenvalue weighted by Gasteiger charge is 2.37. The summed E-state index contributed by atoms with van der Waals surface area (Å²) in [5.41, 5.74) is 5.19. The van der Waals surface area contributed by atoms with E-state index in [1.165, 1.54) is 12.1 Å². The Hall–Kier alpha value is -1.58. The summed E-state index contributed by atoms with van der Waals surface area (Å²) in [6.07, 6.45) is 0. The van der Waals surface area contributed by atoms with Crippen molar-refractivity contribution in [2.75, 3.05) is 19.6 Å². The number of hydrogen-bond acceptors (Lipinski definition) is 4. The molecule has 10 heteroatoms. The first-order valence-corrected chi connectivity index (χ1v) is 7.05. The van der Waals surface area contributed by atoms with Crippen molar-refractivity contribution in [3.05, 3.63) is 33.8 Å². The van der Waals surface area contributed by atoms with Crippen molar-refractivity contribution < 1.29 is 23.2 Å². The largest absolute Gasteiger partial charge is 0.348 e. The first-order valence-electron chi connectivity index (χ1n) is 6.25. The number of halogens is 4. The van der Waals surface area contributed by atoms with Gasteiger partial charge in [-0.15, -0.1) is 12.4 Å². The molecule has 3 amide bonds. The first kappa shape index (κ1) is 19.5. The number of carbonyl (C=O) groups is 3. The molecule has 0 unspecified atom stereocenters. The zero-order valence-corrected chi connectivity index (χ0v) is 14.0. The second kappa shape index (κ2) is 7.33. The normalized spacial score (nSPS) is 13.7. The minimum absolute atomic E-state index is 0. The molecule has 1 aliphatic heterocycles. The quantitative estimate of drug-likeness (QED) is 0.710. The number of rotatable bonds is 5. The monoisotopic (exact) mass is 411 g/mol. The van der Waals surface area contributed by atoms with Crippen molar-refractivity contribution in [3.63, 3.8) is 0 Å². The summed E-state index contributed by atoms with van der Waals surface area (Å²) in [5.74, 6) is -5.36. The molecule has 126 valence electrons. The third kappa shape index (κ3) is 4.24. The molecular formula is C13H13BrClF2N3O3. The predicted molar refractivity (Wildman–Crippen MR) is 83.8 cm³/mol. The molecule has 0 atom stereocenters. The van der Waals surface area contributed by atoms with Gasteiger partial charge in [0.15, 0.2) is 0 Å². The van der Waals surface area contributed by atoms with Gasteiger partial charge < -0.3 is 11.1 Å². The molecule has 0 spiro atoms. The number of nitrogens with zero attached hydrogens (tertiary/aromatic N) is 1. The van der Waals surface area contributed by atoms with Crippen LogP contribution in [-0.2, 0) is 4.79 Å². The van der Waals surface area contributed by atoms with E-state index >= 15 is 0 Å². The fraction of sp³-hybridized carbons (Fsp3) is 0.308. The van der Waals surface area contributed by atoms with Crippen molar-refractivity contribution in [3.8, 4) is 0 Å². The summed E-state index contributed by atoms with van der Waals surface area (Å²) in [7, 11) is 0. The topological polar surface area (TPSA) is 92.5 Å². The SMILES string of the molecule is Cl.NCC(F)(F)CNC(=O)CN1C(=O)c2ccc(Br)cc2C1=O. The molecule has 23 heavy (non-hydrogen) atoms. The maximum absolute atomic E-state index is 12.9. The molecule has 0 aliphatic carbocycles.